The van der Waals surface area contributed by atoms with Crippen LogP contribution in [-0.2, 0) is 0 Å². The number of likely N-dealkylation sites (tertiary alicyclic amines) is 1. The van der Waals surface area contributed by atoms with Gasteiger partial charge in [0.2, 0.25) is 0 Å². The van der Waals surface area contributed by atoms with E-state index in [1.807, 2.05) is 0 Å². The van der Waals surface area contributed by atoms with Crippen molar-refractivity contribution in [3.8, 4) is 0 Å². The quantitative estimate of drug-likeness (QED) is 0.925. The molecule has 118 valence electrons. The molecule has 2 rings (SSSR count). The van der Waals surface area contributed by atoms with Crippen LogP contribution in [0.4, 0.5) is 5.69 Å². The van der Waals surface area contributed by atoms with E-state index in [-0.39, 0.29) is 5.54 Å². The highest BCUT2D eigenvalue weighted by atomic mass is 15.2. The maximum absolute atomic E-state index is 6.26. The molecule has 1 fully saturated rings. The Hall–Kier alpha value is -1.06. The standard InChI is InChI=1S/C18H31N3/c1-15(2)21-12-7-10-18(14-19,11-13-21)20(4)17-9-6-5-8-16(17)3/h5-6,8-9,15H,7,10-14,19H2,1-4H3. The monoisotopic (exact) mass is 289 g/mol. The van der Waals surface area contributed by atoms with E-state index in [0.29, 0.717) is 6.04 Å². The highest BCUT2D eigenvalue weighted by molar-refractivity contribution is 5.54. The van der Waals surface area contributed by atoms with Gasteiger partial charge in [0.05, 0.1) is 5.54 Å². The van der Waals surface area contributed by atoms with E-state index in [2.05, 4.69) is 61.9 Å². The van der Waals surface area contributed by atoms with E-state index in [4.69, 9.17) is 5.73 Å². The molecule has 1 saturated heterocycles. The minimum atomic E-state index is 0.0930. The number of benzene rings is 1. The Morgan fingerprint density at radius 2 is 1.95 bits per heavy atom. The number of hydrogen-bond donors (Lipinski definition) is 1. The average molecular weight is 289 g/mol. The third-order valence-electron chi connectivity index (χ3n) is 5.25. The Morgan fingerprint density at radius 1 is 1.24 bits per heavy atom. The summed E-state index contributed by atoms with van der Waals surface area (Å²) in [6, 6.07) is 9.27. The zero-order valence-electron chi connectivity index (χ0n) is 14.1. The average Bonchev–Trinajstić information content (AvgIpc) is 2.70. The number of nitrogens with zero attached hydrogens (tertiary/aromatic N) is 2. The maximum atomic E-state index is 6.26. The van der Waals surface area contributed by atoms with Crippen molar-refractivity contribution in [2.24, 2.45) is 5.73 Å². The normalized spacial score (nSPS) is 24.1. The van der Waals surface area contributed by atoms with Crippen molar-refractivity contribution >= 4 is 5.69 Å². The molecule has 3 heteroatoms. The second-order valence-electron chi connectivity index (χ2n) is 6.76. The number of rotatable bonds is 4. The number of aryl methyl sites for hydroxylation is 1. The zero-order valence-corrected chi connectivity index (χ0v) is 14.1. The third kappa shape index (κ3) is 3.41. The van der Waals surface area contributed by atoms with E-state index < -0.39 is 0 Å². The lowest BCUT2D eigenvalue weighted by molar-refractivity contribution is 0.224. The number of hydrogen-bond acceptors (Lipinski definition) is 3. The molecule has 0 amide bonds. The minimum absolute atomic E-state index is 0.0930. The van der Waals surface area contributed by atoms with Gasteiger partial charge < -0.3 is 15.5 Å². The fourth-order valence-electron chi connectivity index (χ4n) is 3.59. The first-order valence-corrected chi connectivity index (χ1v) is 8.24. The summed E-state index contributed by atoms with van der Waals surface area (Å²) in [5, 5.41) is 0. The van der Waals surface area contributed by atoms with Gasteiger partial charge in [0, 0.05) is 31.9 Å². The summed E-state index contributed by atoms with van der Waals surface area (Å²) in [7, 11) is 2.22. The first-order valence-electron chi connectivity index (χ1n) is 8.24. The van der Waals surface area contributed by atoms with Crippen molar-refractivity contribution in [3.63, 3.8) is 0 Å². The Labute approximate surface area is 130 Å². The number of likely N-dealkylation sites (N-methyl/N-ethyl adjacent to an activating group) is 1. The van der Waals surface area contributed by atoms with Gasteiger partial charge in [-0.2, -0.15) is 0 Å². The summed E-state index contributed by atoms with van der Waals surface area (Å²) in [6.45, 7) is 9.84. The predicted octanol–water partition coefficient (Wildman–Crippen LogP) is 3.02. The Balaban J connectivity index is 2.23. The summed E-state index contributed by atoms with van der Waals surface area (Å²) in [5.74, 6) is 0. The molecule has 1 aliphatic rings. The minimum Gasteiger partial charge on any atom is -0.367 e. The molecule has 1 aromatic carbocycles. The summed E-state index contributed by atoms with van der Waals surface area (Å²) in [4.78, 5) is 5.04. The van der Waals surface area contributed by atoms with Gasteiger partial charge in [-0.15, -0.1) is 0 Å². The van der Waals surface area contributed by atoms with Gasteiger partial charge in [-0.3, -0.25) is 0 Å². The van der Waals surface area contributed by atoms with E-state index in [1.54, 1.807) is 0 Å². The number of anilines is 1. The lowest BCUT2D eigenvalue weighted by Gasteiger charge is -2.43. The molecule has 1 atom stereocenters. The molecule has 1 aromatic rings. The lowest BCUT2D eigenvalue weighted by atomic mass is 9.88. The van der Waals surface area contributed by atoms with Crippen LogP contribution in [0.2, 0.25) is 0 Å². The van der Waals surface area contributed by atoms with Gasteiger partial charge in [-0.1, -0.05) is 18.2 Å². The van der Waals surface area contributed by atoms with Crippen LogP contribution in [-0.4, -0.2) is 43.2 Å². The molecule has 1 aliphatic heterocycles. The Morgan fingerprint density at radius 3 is 2.57 bits per heavy atom. The van der Waals surface area contributed by atoms with Crippen LogP contribution in [0.1, 0.15) is 38.7 Å². The predicted molar refractivity (Wildman–Crippen MR) is 91.9 cm³/mol. The van der Waals surface area contributed by atoms with E-state index in [0.717, 1.165) is 19.5 Å². The van der Waals surface area contributed by atoms with E-state index >= 15 is 0 Å². The molecule has 1 unspecified atom stereocenters. The molecular formula is C18H31N3. The SMILES string of the molecule is Cc1ccccc1N(C)C1(CN)CCCN(C(C)C)CC1. The largest absolute Gasteiger partial charge is 0.367 e. The molecule has 0 aliphatic carbocycles. The van der Waals surface area contributed by atoms with Gasteiger partial charge in [-0.25, -0.2) is 0 Å². The molecule has 2 N–H and O–H groups in total. The smallest absolute Gasteiger partial charge is 0.0533 e. The Bertz CT molecular complexity index is 458. The fourth-order valence-corrected chi connectivity index (χ4v) is 3.59. The maximum Gasteiger partial charge on any atom is 0.0533 e. The van der Waals surface area contributed by atoms with Gasteiger partial charge in [0.15, 0.2) is 0 Å². The van der Waals surface area contributed by atoms with Crippen LogP contribution >= 0.6 is 0 Å². The number of nitrogens with two attached hydrogens (primary N) is 1. The van der Waals surface area contributed by atoms with Crippen LogP contribution in [0.3, 0.4) is 0 Å². The van der Waals surface area contributed by atoms with Crippen molar-refractivity contribution < 1.29 is 0 Å². The van der Waals surface area contributed by atoms with Crippen molar-refractivity contribution in [2.75, 3.05) is 31.6 Å². The van der Waals surface area contributed by atoms with Gasteiger partial charge >= 0.3 is 0 Å². The molecular weight excluding hydrogens is 258 g/mol. The second kappa shape index (κ2) is 6.80. The van der Waals surface area contributed by atoms with Crippen molar-refractivity contribution in [2.45, 2.75) is 51.6 Å². The van der Waals surface area contributed by atoms with Crippen molar-refractivity contribution in [3.05, 3.63) is 29.8 Å². The first kappa shape index (κ1) is 16.3. The third-order valence-corrected chi connectivity index (χ3v) is 5.25. The van der Waals surface area contributed by atoms with E-state index in [9.17, 15) is 0 Å². The van der Waals surface area contributed by atoms with Gasteiger partial charge in [0.25, 0.3) is 0 Å². The van der Waals surface area contributed by atoms with Crippen LogP contribution in [0.15, 0.2) is 24.3 Å². The van der Waals surface area contributed by atoms with E-state index in [1.165, 1.54) is 30.6 Å². The molecule has 21 heavy (non-hydrogen) atoms. The molecule has 1 heterocycles. The summed E-state index contributed by atoms with van der Waals surface area (Å²) >= 11 is 0. The molecule has 3 nitrogen and oxygen atoms in total. The van der Waals surface area contributed by atoms with Crippen LogP contribution in [0.25, 0.3) is 0 Å². The highest BCUT2D eigenvalue weighted by Gasteiger charge is 2.36. The zero-order chi connectivity index (χ0) is 15.5. The van der Waals surface area contributed by atoms with Gasteiger partial charge in [-0.05, 0) is 58.2 Å². The lowest BCUT2D eigenvalue weighted by Crippen LogP contribution is -2.53. The summed E-state index contributed by atoms with van der Waals surface area (Å²) in [6.07, 6.45) is 3.55. The first-order chi connectivity index (χ1) is 10.00. The van der Waals surface area contributed by atoms with Crippen LogP contribution < -0.4 is 10.6 Å². The number of para-hydroxylation sites is 1. The Kier molecular flexibility index (Phi) is 5.28. The van der Waals surface area contributed by atoms with Gasteiger partial charge in [0.1, 0.15) is 0 Å². The topological polar surface area (TPSA) is 32.5 Å². The fraction of sp³-hybridized carbons (Fsp3) is 0.667. The summed E-state index contributed by atoms with van der Waals surface area (Å²) < 4.78 is 0. The second-order valence-corrected chi connectivity index (χ2v) is 6.76. The molecule has 0 spiro atoms. The molecule has 0 saturated carbocycles. The van der Waals surface area contributed by atoms with Crippen LogP contribution in [0, 0.1) is 6.92 Å². The summed E-state index contributed by atoms with van der Waals surface area (Å²) in [5.41, 5.74) is 9.00. The van der Waals surface area contributed by atoms with Crippen LogP contribution in [0.5, 0.6) is 0 Å². The van der Waals surface area contributed by atoms with Crippen molar-refractivity contribution in [1.82, 2.24) is 4.90 Å². The molecule has 0 radical (unpaired) electrons. The molecule has 0 bridgehead atoms. The highest BCUT2D eigenvalue weighted by Crippen LogP contribution is 2.33. The van der Waals surface area contributed by atoms with Crippen molar-refractivity contribution in [1.29, 1.82) is 0 Å². The molecule has 0 aromatic heterocycles.